The van der Waals surface area contributed by atoms with Crippen LogP contribution < -0.4 is 19.5 Å². The fourth-order valence-corrected chi connectivity index (χ4v) is 2.07. The Hall–Kier alpha value is -2.69. The van der Waals surface area contributed by atoms with Crippen molar-refractivity contribution in [2.75, 3.05) is 25.6 Å². The lowest BCUT2D eigenvalue weighted by Gasteiger charge is -2.13. The van der Waals surface area contributed by atoms with Gasteiger partial charge in [-0.2, -0.15) is 0 Å². The zero-order valence-corrected chi connectivity index (χ0v) is 13.6. The van der Waals surface area contributed by atoms with E-state index in [-0.39, 0.29) is 12.5 Å². The second-order valence-electron chi connectivity index (χ2n) is 4.92. The number of rotatable bonds is 7. The van der Waals surface area contributed by atoms with Crippen LogP contribution in [0.15, 0.2) is 42.5 Å². The van der Waals surface area contributed by atoms with E-state index in [4.69, 9.17) is 14.2 Å². The number of hydrogen-bond donors (Lipinski definition) is 1. The molecule has 2 aromatic rings. The Labute approximate surface area is 136 Å². The third kappa shape index (κ3) is 4.64. The largest absolute Gasteiger partial charge is 0.493 e. The Morgan fingerprint density at radius 3 is 2.57 bits per heavy atom. The molecule has 122 valence electrons. The van der Waals surface area contributed by atoms with E-state index in [0.29, 0.717) is 29.5 Å². The monoisotopic (exact) mass is 315 g/mol. The van der Waals surface area contributed by atoms with Crippen LogP contribution in [0.5, 0.6) is 17.2 Å². The molecule has 5 nitrogen and oxygen atoms in total. The van der Waals surface area contributed by atoms with E-state index in [0.717, 1.165) is 5.56 Å². The average Bonchev–Trinajstić information content (AvgIpc) is 2.55. The first-order valence-electron chi connectivity index (χ1n) is 7.43. The number of carbonyl (C=O) groups excluding carboxylic acids is 1. The summed E-state index contributed by atoms with van der Waals surface area (Å²) >= 11 is 0. The molecule has 0 aliphatic heterocycles. The van der Waals surface area contributed by atoms with Crippen molar-refractivity contribution in [3.8, 4) is 17.2 Å². The number of nitrogens with one attached hydrogen (secondary N) is 1. The van der Waals surface area contributed by atoms with Crippen molar-refractivity contribution >= 4 is 11.6 Å². The number of anilines is 1. The van der Waals surface area contributed by atoms with E-state index in [2.05, 4.69) is 5.32 Å². The molecule has 0 spiro atoms. The summed E-state index contributed by atoms with van der Waals surface area (Å²) < 4.78 is 16.3. The highest BCUT2D eigenvalue weighted by Gasteiger charge is 2.10. The molecule has 0 radical (unpaired) electrons. The minimum absolute atomic E-state index is 0.111. The van der Waals surface area contributed by atoms with Crippen LogP contribution in [-0.2, 0) is 4.79 Å². The number of amides is 1. The number of benzene rings is 2. The van der Waals surface area contributed by atoms with Gasteiger partial charge in [0.25, 0.3) is 5.91 Å². The van der Waals surface area contributed by atoms with Gasteiger partial charge in [-0.3, -0.25) is 4.79 Å². The molecule has 0 unspecified atom stereocenters. The van der Waals surface area contributed by atoms with E-state index in [1.54, 1.807) is 19.2 Å². The average molecular weight is 315 g/mol. The summed E-state index contributed by atoms with van der Waals surface area (Å²) in [6.07, 6.45) is 0. The first kappa shape index (κ1) is 16.7. The second kappa shape index (κ2) is 8.08. The molecule has 0 aliphatic rings. The first-order chi connectivity index (χ1) is 11.1. The molecule has 2 aromatic carbocycles. The number of carbonyl (C=O) groups is 1. The van der Waals surface area contributed by atoms with Crippen LogP contribution in [0, 0.1) is 6.92 Å². The standard InChI is InChI=1S/C18H21NO4/c1-4-22-15-8-6-5-7-14(15)19-18(20)12-23-16-10-9-13(2)11-17(16)21-3/h5-11H,4,12H2,1-3H3,(H,19,20). The number of aryl methyl sites for hydroxylation is 1. The summed E-state index contributed by atoms with van der Waals surface area (Å²) in [6, 6.07) is 12.8. The van der Waals surface area contributed by atoms with Gasteiger partial charge in [0.2, 0.25) is 0 Å². The fourth-order valence-electron chi connectivity index (χ4n) is 2.07. The summed E-state index contributed by atoms with van der Waals surface area (Å²) in [4.78, 5) is 12.1. The molecule has 1 amide bonds. The molecule has 0 bridgehead atoms. The van der Waals surface area contributed by atoms with Crippen LogP contribution in [0.4, 0.5) is 5.69 Å². The van der Waals surface area contributed by atoms with Crippen molar-refractivity contribution in [1.82, 2.24) is 0 Å². The Morgan fingerprint density at radius 1 is 1.04 bits per heavy atom. The minimum atomic E-state index is -0.264. The van der Waals surface area contributed by atoms with Crippen molar-refractivity contribution in [2.24, 2.45) is 0 Å². The third-order valence-corrected chi connectivity index (χ3v) is 3.14. The van der Waals surface area contributed by atoms with Crippen LogP contribution in [0.25, 0.3) is 0 Å². The quantitative estimate of drug-likeness (QED) is 0.850. The zero-order chi connectivity index (χ0) is 16.7. The number of ether oxygens (including phenoxy) is 3. The fraction of sp³-hybridized carbons (Fsp3) is 0.278. The zero-order valence-electron chi connectivity index (χ0n) is 13.6. The minimum Gasteiger partial charge on any atom is -0.493 e. The highest BCUT2D eigenvalue weighted by Crippen LogP contribution is 2.28. The van der Waals surface area contributed by atoms with E-state index in [9.17, 15) is 4.79 Å². The van der Waals surface area contributed by atoms with Crippen molar-refractivity contribution in [3.63, 3.8) is 0 Å². The summed E-state index contributed by atoms with van der Waals surface area (Å²) in [5.41, 5.74) is 1.68. The van der Waals surface area contributed by atoms with Gasteiger partial charge in [-0.1, -0.05) is 18.2 Å². The number of methoxy groups -OCH3 is 1. The van der Waals surface area contributed by atoms with E-state index >= 15 is 0 Å². The Morgan fingerprint density at radius 2 is 1.83 bits per heavy atom. The first-order valence-corrected chi connectivity index (χ1v) is 7.43. The van der Waals surface area contributed by atoms with Gasteiger partial charge >= 0.3 is 0 Å². The maximum absolute atomic E-state index is 12.1. The van der Waals surface area contributed by atoms with Gasteiger partial charge in [-0.15, -0.1) is 0 Å². The molecule has 0 saturated heterocycles. The maximum atomic E-state index is 12.1. The smallest absolute Gasteiger partial charge is 0.262 e. The molecular weight excluding hydrogens is 294 g/mol. The summed E-state index contributed by atoms with van der Waals surface area (Å²) in [6.45, 7) is 4.28. The molecule has 0 atom stereocenters. The lowest BCUT2D eigenvalue weighted by atomic mass is 10.2. The molecule has 1 N–H and O–H groups in total. The lowest BCUT2D eigenvalue weighted by Crippen LogP contribution is -2.20. The van der Waals surface area contributed by atoms with Gasteiger partial charge in [0.1, 0.15) is 5.75 Å². The Bertz CT molecular complexity index is 670. The molecule has 0 aliphatic carbocycles. The van der Waals surface area contributed by atoms with Gasteiger partial charge in [0, 0.05) is 0 Å². The normalized spacial score (nSPS) is 10.0. The van der Waals surface area contributed by atoms with Crippen molar-refractivity contribution in [2.45, 2.75) is 13.8 Å². The predicted octanol–water partition coefficient (Wildman–Crippen LogP) is 3.42. The lowest BCUT2D eigenvalue weighted by molar-refractivity contribution is -0.118. The topological polar surface area (TPSA) is 56.8 Å². The van der Waals surface area contributed by atoms with Gasteiger partial charge in [0.15, 0.2) is 18.1 Å². The SMILES string of the molecule is CCOc1ccccc1NC(=O)COc1ccc(C)cc1OC. The number of hydrogen-bond acceptors (Lipinski definition) is 4. The molecule has 0 saturated carbocycles. The van der Waals surface area contributed by atoms with Crippen LogP contribution in [0.1, 0.15) is 12.5 Å². The molecule has 5 heteroatoms. The van der Waals surface area contributed by atoms with Gasteiger partial charge in [-0.25, -0.2) is 0 Å². The Balaban J connectivity index is 1.98. The molecule has 23 heavy (non-hydrogen) atoms. The number of para-hydroxylation sites is 2. The molecule has 2 rings (SSSR count). The highest BCUT2D eigenvalue weighted by atomic mass is 16.5. The summed E-state index contributed by atoms with van der Waals surface area (Å²) in [5.74, 6) is 1.51. The van der Waals surface area contributed by atoms with Gasteiger partial charge < -0.3 is 19.5 Å². The van der Waals surface area contributed by atoms with Crippen molar-refractivity contribution in [3.05, 3.63) is 48.0 Å². The van der Waals surface area contributed by atoms with Crippen molar-refractivity contribution in [1.29, 1.82) is 0 Å². The predicted molar refractivity (Wildman–Crippen MR) is 89.5 cm³/mol. The van der Waals surface area contributed by atoms with Crippen LogP contribution in [0.3, 0.4) is 0 Å². The van der Waals surface area contributed by atoms with Crippen LogP contribution in [-0.4, -0.2) is 26.2 Å². The maximum Gasteiger partial charge on any atom is 0.262 e. The molecular formula is C18H21NO4. The Kier molecular flexibility index (Phi) is 5.86. The van der Waals surface area contributed by atoms with E-state index in [1.165, 1.54) is 0 Å². The van der Waals surface area contributed by atoms with Crippen molar-refractivity contribution < 1.29 is 19.0 Å². The van der Waals surface area contributed by atoms with Gasteiger partial charge in [0.05, 0.1) is 19.4 Å². The highest BCUT2D eigenvalue weighted by molar-refractivity contribution is 5.93. The van der Waals surface area contributed by atoms with Gasteiger partial charge in [-0.05, 0) is 43.7 Å². The molecule has 0 aromatic heterocycles. The summed E-state index contributed by atoms with van der Waals surface area (Å²) in [5, 5.41) is 2.78. The third-order valence-electron chi connectivity index (χ3n) is 3.14. The van der Waals surface area contributed by atoms with Crippen LogP contribution in [0.2, 0.25) is 0 Å². The molecule has 0 heterocycles. The second-order valence-corrected chi connectivity index (χ2v) is 4.92. The van der Waals surface area contributed by atoms with Crippen LogP contribution >= 0.6 is 0 Å². The molecule has 0 fully saturated rings. The van der Waals surface area contributed by atoms with E-state index < -0.39 is 0 Å². The summed E-state index contributed by atoms with van der Waals surface area (Å²) in [7, 11) is 1.57. The van der Waals surface area contributed by atoms with E-state index in [1.807, 2.05) is 44.2 Å².